The Bertz CT molecular complexity index is 881. The maximum absolute atomic E-state index is 12.6. The molecule has 1 amide bonds. The van der Waals surface area contributed by atoms with Gasteiger partial charge < -0.3 is 14.3 Å². The number of aryl methyl sites for hydroxylation is 2. The zero-order chi connectivity index (χ0) is 18.2. The van der Waals surface area contributed by atoms with Crippen LogP contribution in [0.1, 0.15) is 29.2 Å². The summed E-state index contributed by atoms with van der Waals surface area (Å²) in [5, 5.41) is 2.83. The van der Waals surface area contributed by atoms with E-state index in [1.165, 1.54) is 15.2 Å². The van der Waals surface area contributed by atoms with Crippen LogP contribution in [-0.4, -0.2) is 47.3 Å². The summed E-state index contributed by atoms with van der Waals surface area (Å²) in [6.45, 7) is 2.34. The minimum atomic E-state index is -3.73. The first kappa shape index (κ1) is 18.0. The third-order valence-corrected chi connectivity index (χ3v) is 6.56. The predicted octanol–water partition coefficient (Wildman–Crippen LogP) is 1.56. The summed E-state index contributed by atoms with van der Waals surface area (Å²) in [6.07, 6.45) is 2.39. The summed E-state index contributed by atoms with van der Waals surface area (Å²) in [5.41, 5.74) is 0. The fourth-order valence-electron chi connectivity index (χ4n) is 2.74. The topological polar surface area (TPSA) is 97.4 Å². The third kappa shape index (κ3) is 3.58. The molecule has 0 spiro atoms. The molecule has 0 radical (unpaired) electrons. The first-order chi connectivity index (χ1) is 11.8. The van der Waals surface area contributed by atoms with Crippen molar-refractivity contribution in [2.45, 2.75) is 30.8 Å². The Morgan fingerprint density at radius 1 is 1.36 bits per heavy atom. The number of hydrogen-bond donors (Lipinski definition) is 1. The van der Waals surface area contributed by atoms with Gasteiger partial charge in [-0.3, -0.25) is 4.79 Å². The normalized spacial score (nSPS) is 16.9. The highest BCUT2D eigenvalue weighted by atomic mass is 35.5. The number of amides is 1. The molecule has 1 fully saturated rings. The van der Waals surface area contributed by atoms with E-state index in [1.807, 2.05) is 0 Å². The van der Waals surface area contributed by atoms with Crippen LogP contribution < -0.4 is 5.32 Å². The highest BCUT2D eigenvalue weighted by molar-refractivity contribution is 7.89. The van der Waals surface area contributed by atoms with Gasteiger partial charge in [-0.05, 0) is 31.9 Å². The van der Waals surface area contributed by atoms with E-state index in [4.69, 9.17) is 16.0 Å². The van der Waals surface area contributed by atoms with Crippen LogP contribution in [0.3, 0.4) is 0 Å². The van der Waals surface area contributed by atoms with Gasteiger partial charge in [0.05, 0.1) is 6.33 Å². The van der Waals surface area contributed by atoms with Gasteiger partial charge >= 0.3 is 0 Å². The van der Waals surface area contributed by atoms with Crippen molar-refractivity contribution < 1.29 is 17.6 Å². The van der Waals surface area contributed by atoms with Crippen LogP contribution >= 0.6 is 11.6 Å². The number of piperidine rings is 1. The number of halogens is 1. The second-order valence-corrected chi connectivity index (χ2v) is 8.22. The molecule has 10 heteroatoms. The number of carbonyl (C=O) groups excluding carboxylic acids is 1. The molecule has 2 aromatic heterocycles. The predicted molar refractivity (Wildman–Crippen MR) is 90.9 cm³/mol. The number of nitrogens with one attached hydrogen (secondary N) is 1. The van der Waals surface area contributed by atoms with Crippen molar-refractivity contribution in [3.8, 4) is 0 Å². The Hall–Kier alpha value is -1.84. The van der Waals surface area contributed by atoms with Gasteiger partial charge in [0.25, 0.3) is 15.9 Å². The first-order valence-corrected chi connectivity index (χ1v) is 9.65. The van der Waals surface area contributed by atoms with Crippen LogP contribution in [0.15, 0.2) is 27.9 Å². The Kier molecular flexibility index (Phi) is 4.90. The standard InChI is InChI=1S/C15H19ClN4O4S/c1-10-3-4-12(24-10)14(21)18-11-5-7-20(8-6-11)25(22,23)15-13(16)19(2)9-17-15/h3-4,9,11H,5-8H2,1-2H3,(H,18,21). The molecule has 136 valence electrons. The molecule has 25 heavy (non-hydrogen) atoms. The lowest BCUT2D eigenvalue weighted by molar-refractivity contribution is 0.0894. The fourth-order valence-corrected chi connectivity index (χ4v) is 4.60. The summed E-state index contributed by atoms with van der Waals surface area (Å²) in [4.78, 5) is 16.0. The van der Waals surface area contributed by atoms with Crippen molar-refractivity contribution in [3.05, 3.63) is 35.1 Å². The van der Waals surface area contributed by atoms with Crippen LogP contribution in [0.25, 0.3) is 0 Å². The van der Waals surface area contributed by atoms with Gasteiger partial charge in [-0.1, -0.05) is 11.6 Å². The maximum atomic E-state index is 12.6. The highest BCUT2D eigenvalue weighted by Gasteiger charge is 2.33. The van der Waals surface area contributed by atoms with Crippen molar-refractivity contribution in [1.29, 1.82) is 0 Å². The average Bonchev–Trinajstić information content (AvgIpc) is 3.15. The summed E-state index contributed by atoms with van der Waals surface area (Å²) in [6, 6.07) is 3.23. The molecular formula is C15H19ClN4O4S. The van der Waals surface area contributed by atoms with Crippen LogP contribution in [0.2, 0.25) is 5.15 Å². The third-order valence-electron chi connectivity index (χ3n) is 4.17. The summed E-state index contributed by atoms with van der Waals surface area (Å²) in [7, 11) is -2.10. The monoisotopic (exact) mass is 386 g/mol. The van der Waals surface area contributed by atoms with Crippen molar-refractivity contribution in [3.63, 3.8) is 0 Å². The Morgan fingerprint density at radius 3 is 2.56 bits per heavy atom. The number of rotatable bonds is 4. The molecule has 0 aliphatic carbocycles. The van der Waals surface area contributed by atoms with E-state index in [0.717, 1.165) is 0 Å². The number of nitrogens with zero attached hydrogens (tertiary/aromatic N) is 3. The van der Waals surface area contributed by atoms with Crippen LogP contribution in [0.4, 0.5) is 0 Å². The van der Waals surface area contributed by atoms with E-state index >= 15 is 0 Å². The van der Waals surface area contributed by atoms with Gasteiger partial charge in [0.15, 0.2) is 5.76 Å². The molecule has 0 saturated carbocycles. The second-order valence-electron chi connectivity index (χ2n) is 6.01. The highest BCUT2D eigenvalue weighted by Crippen LogP contribution is 2.25. The largest absolute Gasteiger partial charge is 0.456 e. The fraction of sp³-hybridized carbons (Fsp3) is 0.467. The number of sulfonamides is 1. The second kappa shape index (κ2) is 6.81. The van der Waals surface area contributed by atoms with E-state index in [9.17, 15) is 13.2 Å². The van der Waals surface area contributed by atoms with Crippen LogP contribution in [0, 0.1) is 6.92 Å². The van der Waals surface area contributed by atoms with E-state index in [0.29, 0.717) is 18.6 Å². The van der Waals surface area contributed by atoms with Gasteiger partial charge in [-0.2, -0.15) is 4.31 Å². The minimum absolute atomic E-state index is 0.0867. The number of carbonyl (C=O) groups is 1. The van der Waals surface area contributed by atoms with Gasteiger partial charge in [0.2, 0.25) is 5.03 Å². The number of imidazole rings is 1. The van der Waals surface area contributed by atoms with Gasteiger partial charge in [-0.25, -0.2) is 13.4 Å². The molecule has 3 rings (SSSR count). The molecule has 0 bridgehead atoms. The van der Waals surface area contributed by atoms with Crippen molar-refractivity contribution in [2.75, 3.05) is 13.1 Å². The van der Waals surface area contributed by atoms with Gasteiger partial charge in [0.1, 0.15) is 10.9 Å². The summed E-state index contributed by atoms with van der Waals surface area (Å²) < 4.78 is 33.4. The van der Waals surface area contributed by atoms with E-state index in [-0.39, 0.29) is 41.0 Å². The van der Waals surface area contributed by atoms with E-state index in [1.54, 1.807) is 26.1 Å². The average molecular weight is 387 g/mol. The zero-order valence-corrected chi connectivity index (χ0v) is 15.5. The van der Waals surface area contributed by atoms with E-state index in [2.05, 4.69) is 10.3 Å². The summed E-state index contributed by atoms with van der Waals surface area (Å²) >= 11 is 6.01. The Morgan fingerprint density at radius 2 is 2.04 bits per heavy atom. The Labute approximate surface area is 150 Å². The quantitative estimate of drug-likeness (QED) is 0.859. The molecule has 3 heterocycles. The van der Waals surface area contributed by atoms with Gasteiger partial charge in [0, 0.05) is 26.2 Å². The molecule has 1 aliphatic rings. The molecule has 0 unspecified atom stereocenters. The lowest BCUT2D eigenvalue weighted by Gasteiger charge is -2.30. The molecule has 2 aromatic rings. The maximum Gasteiger partial charge on any atom is 0.287 e. The Balaban J connectivity index is 1.62. The smallest absolute Gasteiger partial charge is 0.287 e. The molecule has 1 N–H and O–H groups in total. The molecule has 1 saturated heterocycles. The lowest BCUT2D eigenvalue weighted by atomic mass is 10.1. The van der Waals surface area contributed by atoms with Gasteiger partial charge in [-0.15, -0.1) is 0 Å². The molecule has 8 nitrogen and oxygen atoms in total. The molecule has 0 atom stereocenters. The number of furan rings is 1. The molecular weight excluding hydrogens is 368 g/mol. The lowest BCUT2D eigenvalue weighted by Crippen LogP contribution is -2.46. The number of hydrogen-bond acceptors (Lipinski definition) is 5. The van der Waals surface area contributed by atoms with Crippen molar-refractivity contribution >= 4 is 27.5 Å². The van der Waals surface area contributed by atoms with E-state index < -0.39 is 10.0 Å². The molecule has 1 aliphatic heterocycles. The minimum Gasteiger partial charge on any atom is -0.456 e. The summed E-state index contributed by atoms with van der Waals surface area (Å²) in [5.74, 6) is 0.633. The van der Waals surface area contributed by atoms with Crippen LogP contribution in [-0.2, 0) is 17.1 Å². The first-order valence-electron chi connectivity index (χ1n) is 7.83. The van der Waals surface area contributed by atoms with Crippen LogP contribution in [0.5, 0.6) is 0 Å². The SMILES string of the molecule is Cc1ccc(C(=O)NC2CCN(S(=O)(=O)c3ncn(C)c3Cl)CC2)o1. The van der Waals surface area contributed by atoms with Crippen molar-refractivity contribution in [2.24, 2.45) is 7.05 Å². The molecule has 0 aromatic carbocycles. The van der Waals surface area contributed by atoms with Crippen molar-refractivity contribution in [1.82, 2.24) is 19.2 Å². The zero-order valence-electron chi connectivity index (χ0n) is 13.9. The number of aromatic nitrogens is 2.